The number of methoxy groups -OCH3 is 1. The molecule has 5 nitrogen and oxygen atoms in total. The van der Waals surface area contributed by atoms with Gasteiger partial charge in [0.25, 0.3) is 5.91 Å². The van der Waals surface area contributed by atoms with Crippen LogP contribution in [0.5, 0.6) is 5.75 Å². The van der Waals surface area contributed by atoms with E-state index in [1.807, 2.05) is 20.8 Å². The molecule has 0 aromatic heterocycles. The predicted molar refractivity (Wildman–Crippen MR) is 80.4 cm³/mol. The molecule has 0 fully saturated rings. The summed E-state index contributed by atoms with van der Waals surface area (Å²) in [5.41, 5.74) is 0.524. The lowest BCUT2D eigenvalue weighted by Crippen LogP contribution is -2.41. The van der Waals surface area contributed by atoms with Crippen molar-refractivity contribution in [3.8, 4) is 5.75 Å². The van der Waals surface area contributed by atoms with E-state index >= 15 is 0 Å². The topological polar surface area (TPSA) is 55.8 Å². The van der Waals surface area contributed by atoms with Gasteiger partial charge in [-0.2, -0.15) is 0 Å². The summed E-state index contributed by atoms with van der Waals surface area (Å²) in [7, 11) is 1.31. The molecule has 21 heavy (non-hydrogen) atoms. The molecule has 0 aliphatic heterocycles. The van der Waals surface area contributed by atoms with E-state index in [1.54, 1.807) is 24.3 Å². The number of rotatable bonds is 7. The van der Waals surface area contributed by atoms with E-state index in [9.17, 15) is 9.59 Å². The Kier molecular flexibility index (Phi) is 6.72. The van der Waals surface area contributed by atoms with Crippen LogP contribution in [0.4, 0.5) is 0 Å². The second-order valence-electron chi connectivity index (χ2n) is 4.98. The summed E-state index contributed by atoms with van der Waals surface area (Å²) in [6.45, 7) is 6.35. The van der Waals surface area contributed by atoms with E-state index < -0.39 is 5.97 Å². The van der Waals surface area contributed by atoms with E-state index in [4.69, 9.17) is 4.74 Å². The smallest absolute Gasteiger partial charge is 0.325 e. The van der Waals surface area contributed by atoms with Crippen molar-refractivity contribution in [2.45, 2.75) is 33.2 Å². The van der Waals surface area contributed by atoms with E-state index in [2.05, 4.69) is 4.74 Å². The van der Waals surface area contributed by atoms with Gasteiger partial charge in [-0.05, 0) is 44.5 Å². The maximum absolute atomic E-state index is 12.4. The maximum atomic E-state index is 12.4. The number of carbonyl (C=O) groups excluding carboxylic acids is 2. The molecule has 1 rings (SSSR count). The highest BCUT2D eigenvalue weighted by Crippen LogP contribution is 2.15. The zero-order valence-corrected chi connectivity index (χ0v) is 13.1. The minimum atomic E-state index is -0.431. The van der Waals surface area contributed by atoms with Gasteiger partial charge in [0.15, 0.2) is 0 Å². The van der Waals surface area contributed by atoms with Crippen LogP contribution in [0.2, 0.25) is 0 Å². The number of hydrogen-bond acceptors (Lipinski definition) is 4. The number of ether oxygens (including phenoxy) is 2. The summed E-state index contributed by atoms with van der Waals surface area (Å²) in [5, 5.41) is 0. The fraction of sp³-hybridized carbons (Fsp3) is 0.500. The molecule has 0 atom stereocenters. The van der Waals surface area contributed by atoms with Crippen molar-refractivity contribution in [3.05, 3.63) is 29.8 Å². The molecule has 0 spiro atoms. The molecule has 5 heteroatoms. The minimum Gasteiger partial charge on any atom is -0.494 e. The molecular weight excluding hydrogens is 270 g/mol. The third-order valence-electron chi connectivity index (χ3n) is 2.99. The molecule has 0 aliphatic rings. The third-order valence-corrected chi connectivity index (χ3v) is 2.99. The first kappa shape index (κ1) is 17.0. The normalized spacial score (nSPS) is 10.3. The van der Waals surface area contributed by atoms with Crippen LogP contribution < -0.4 is 4.74 Å². The van der Waals surface area contributed by atoms with Gasteiger partial charge in [0.2, 0.25) is 0 Å². The summed E-state index contributed by atoms with van der Waals surface area (Å²) >= 11 is 0. The van der Waals surface area contributed by atoms with Gasteiger partial charge in [0.05, 0.1) is 13.7 Å². The van der Waals surface area contributed by atoms with Crippen molar-refractivity contribution in [3.63, 3.8) is 0 Å². The van der Waals surface area contributed by atoms with Crippen LogP contribution in [0, 0.1) is 0 Å². The van der Waals surface area contributed by atoms with Gasteiger partial charge < -0.3 is 14.4 Å². The van der Waals surface area contributed by atoms with E-state index in [0.29, 0.717) is 12.2 Å². The minimum absolute atomic E-state index is 0.0545. The van der Waals surface area contributed by atoms with E-state index in [-0.39, 0.29) is 18.5 Å². The molecule has 0 N–H and O–H groups in total. The number of nitrogens with zero attached hydrogens (tertiary/aromatic N) is 1. The molecule has 0 bridgehead atoms. The molecule has 0 radical (unpaired) electrons. The zero-order valence-electron chi connectivity index (χ0n) is 13.1. The number of esters is 1. The lowest BCUT2D eigenvalue weighted by atomic mass is 10.1. The highest BCUT2D eigenvalue weighted by Gasteiger charge is 2.21. The van der Waals surface area contributed by atoms with Crippen LogP contribution in [-0.4, -0.2) is 43.1 Å². The van der Waals surface area contributed by atoms with Crippen LogP contribution in [0.3, 0.4) is 0 Å². The van der Waals surface area contributed by atoms with Crippen molar-refractivity contribution < 1.29 is 19.1 Å². The van der Waals surface area contributed by atoms with Crippen molar-refractivity contribution >= 4 is 11.9 Å². The second-order valence-corrected chi connectivity index (χ2v) is 4.98. The molecule has 0 saturated heterocycles. The largest absolute Gasteiger partial charge is 0.494 e. The molecule has 0 heterocycles. The zero-order chi connectivity index (χ0) is 15.8. The van der Waals surface area contributed by atoms with Gasteiger partial charge in [-0.25, -0.2) is 0 Å². The third kappa shape index (κ3) is 5.10. The maximum Gasteiger partial charge on any atom is 0.325 e. The highest BCUT2D eigenvalue weighted by molar-refractivity contribution is 5.96. The molecule has 116 valence electrons. The van der Waals surface area contributed by atoms with Crippen LogP contribution in [0.15, 0.2) is 24.3 Å². The Balaban J connectivity index is 2.81. The van der Waals surface area contributed by atoms with E-state index in [1.165, 1.54) is 12.0 Å². The highest BCUT2D eigenvalue weighted by atomic mass is 16.5. The van der Waals surface area contributed by atoms with Crippen LogP contribution >= 0.6 is 0 Å². The van der Waals surface area contributed by atoms with Crippen molar-refractivity contribution in [1.82, 2.24) is 4.90 Å². The lowest BCUT2D eigenvalue weighted by molar-refractivity contribution is -0.141. The fourth-order valence-corrected chi connectivity index (χ4v) is 1.77. The first-order chi connectivity index (χ1) is 9.99. The van der Waals surface area contributed by atoms with Crippen LogP contribution in [0.25, 0.3) is 0 Å². The fourth-order valence-electron chi connectivity index (χ4n) is 1.77. The molecule has 1 aromatic carbocycles. The summed E-state index contributed by atoms with van der Waals surface area (Å²) in [6.07, 6.45) is 0.931. The first-order valence-corrected chi connectivity index (χ1v) is 7.10. The summed E-state index contributed by atoms with van der Waals surface area (Å²) in [6, 6.07) is 6.85. The lowest BCUT2D eigenvalue weighted by Gasteiger charge is -2.25. The van der Waals surface area contributed by atoms with Gasteiger partial charge in [-0.15, -0.1) is 0 Å². The standard InChI is InChI=1S/C16H23NO4/c1-5-10-21-14-8-6-13(7-9-14)16(19)17(12(2)3)11-15(18)20-4/h6-9,12H,5,10-11H2,1-4H3. The van der Waals surface area contributed by atoms with Crippen molar-refractivity contribution in [1.29, 1.82) is 0 Å². The average Bonchev–Trinajstić information content (AvgIpc) is 2.49. The van der Waals surface area contributed by atoms with Gasteiger partial charge in [0, 0.05) is 11.6 Å². The van der Waals surface area contributed by atoms with Crippen molar-refractivity contribution in [2.24, 2.45) is 0 Å². The first-order valence-electron chi connectivity index (χ1n) is 7.10. The number of amides is 1. The summed E-state index contributed by atoms with van der Waals surface area (Å²) < 4.78 is 10.1. The van der Waals surface area contributed by atoms with Gasteiger partial charge in [-0.3, -0.25) is 9.59 Å². The van der Waals surface area contributed by atoms with Crippen LogP contribution in [0.1, 0.15) is 37.6 Å². The monoisotopic (exact) mass is 293 g/mol. The molecule has 0 saturated carbocycles. The SMILES string of the molecule is CCCOc1ccc(C(=O)N(CC(=O)OC)C(C)C)cc1. The van der Waals surface area contributed by atoms with E-state index in [0.717, 1.165) is 12.2 Å². The second kappa shape index (κ2) is 8.29. The average molecular weight is 293 g/mol. The summed E-state index contributed by atoms with van der Waals surface area (Å²) in [5.74, 6) is 0.106. The Hall–Kier alpha value is -2.04. The van der Waals surface area contributed by atoms with Crippen molar-refractivity contribution in [2.75, 3.05) is 20.3 Å². The molecule has 0 aliphatic carbocycles. The molecule has 1 aromatic rings. The number of carbonyl (C=O) groups is 2. The quantitative estimate of drug-likeness (QED) is 0.725. The Bertz CT molecular complexity index is 468. The summed E-state index contributed by atoms with van der Waals surface area (Å²) in [4.78, 5) is 25.3. The number of hydrogen-bond donors (Lipinski definition) is 0. The molecule has 0 unspecified atom stereocenters. The molecule has 1 amide bonds. The Morgan fingerprint density at radius 1 is 1.19 bits per heavy atom. The Morgan fingerprint density at radius 3 is 2.29 bits per heavy atom. The van der Waals surface area contributed by atoms with Gasteiger partial charge in [0.1, 0.15) is 12.3 Å². The van der Waals surface area contributed by atoms with Crippen LogP contribution in [-0.2, 0) is 9.53 Å². The van der Waals surface area contributed by atoms with Gasteiger partial charge in [-0.1, -0.05) is 6.92 Å². The Morgan fingerprint density at radius 2 is 1.81 bits per heavy atom. The van der Waals surface area contributed by atoms with Gasteiger partial charge >= 0.3 is 5.97 Å². The predicted octanol–water partition coefficient (Wildman–Crippen LogP) is 2.50. The Labute approximate surface area is 125 Å². The number of benzene rings is 1. The molecular formula is C16H23NO4.